The second kappa shape index (κ2) is 10.7. The van der Waals surface area contributed by atoms with Crippen molar-refractivity contribution in [3.05, 3.63) is 47.7 Å². The number of carbonyl (C=O) groups is 1. The maximum atomic E-state index is 13.6. The van der Waals surface area contributed by atoms with Gasteiger partial charge in [-0.05, 0) is 56.4 Å². The molecule has 1 aromatic carbocycles. The number of benzene rings is 1. The molecule has 34 heavy (non-hydrogen) atoms. The molecule has 2 aliphatic heterocycles. The van der Waals surface area contributed by atoms with Gasteiger partial charge in [0, 0.05) is 38.8 Å². The summed E-state index contributed by atoms with van der Waals surface area (Å²) in [7, 11) is -3.80. The van der Waals surface area contributed by atoms with Gasteiger partial charge in [-0.1, -0.05) is 25.5 Å². The Morgan fingerprint density at radius 3 is 2.56 bits per heavy atom. The van der Waals surface area contributed by atoms with E-state index in [1.54, 1.807) is 18.2 Å². The minimum absolute atomic E-state index is 0.0850. The van der Waals surface area contributed by atoms with Gasteiger partial charge >= 0.3 is 0 Å². The predicted octanol–water partition coefficient (Wildman–Crippen LogP) is 3.26. The molecular weight excluding hydrogens is 450 g/mol. The predicted molar refractivity (Wildman–Crippen MR) is 135 cm³/mol. The van der Waals surface area contributed by atoms with Crippen molar-refractivity contribution in [2.75, 3.05) is 42.3 Å². The molecule has 0 saturated carbocycles. The van der Waals surface area contributed by atoms with Gasteiger partial charge in [0.25, 0.3) is 15.9 Å². The van der Waals surface area contributed by atoms with Crippen molar-refractivity contribution >= 4 is 27.4 Å². The summed E-state index contributed by atoms with van der Waals surface area (Å²) in [6.07, 6.45) is 6.49. The lowest BCUT2D eigenvalue weighted by Crippen LogP contribution is -2.46. The molecule has 2 saturated heterocycles. The van der Waals surface area contributed by atoms with Gasteiger partial charge in [-0.3, -0.25) is 9.52 Å². The van der Waals surface area contributed by atoms with E-state index in [0.29, 0.717) is 23.6 Å². The number of nitrogens with one attached hydrogen (secondary N) is 2. The van der Waals surface area contributed by atoms with E-state index in [4.69, 9.17) is 0 Å². The smallest absolute Gasteiger partial charge is 0.261 e. The highest BCUT2D eigenvalue weighted by molar-refractivity contribution is 7.92. The maximum absolute atomic E-state index is 13.6. The molecule has 2 N–H and O–H groups in total. The first-order valence-electron chi connectivity index (χ1n) is 12.3. The van der Waals surface area contributed by atoms with Crippen LogP contribution in [0.3, 0.4) is 0 Å². The number of aryl methyl sites for hydroxylation is 1. The van der Waals surface area contributed by atoms with Gasteiger partial charge in [0.15, 0.2) is 0 Å². The van der Waals surface area contributed by atoms with Crippen molar-refractivity contribution in [2.45, 2.75) is 56.9 Å². The number of likely N-dealkylation sites (tertiary alicyclic amines) is 1. The molecule has 0 aliphatic carbocycles. The molecule has 3 heterocycles. The number of sulfonamides is 1. The Labute approximate surface area is 202 Å². The average Bonchev–Trinajstić information content (AvgIpc) is 2.85. The highest BCUT2D eigenvalue weighted by Gasteiger charge is 2.29. The number of piperazine rings is 1. The standard InChI is InChI=1S/C25H35N5O3S/c1-3-6-20-8-10-22(11-9-20)34(32,33)28-21-17-23(25(31)30-14-5-4-7-19(30)2)24(27-18-21)29-15-12-26-13-16-29/h8-11,17-19,26,28H,3-7,12-16H2,1-2H3. The van der Waals surface area contributed by atoms with Crippen molar-refractivity contribution in [3.63, 3.8) is 0 Å². The van der Waals surface area contributed by atoms with Gasteiger partial charge in [0.2, 0.25) is 0 Å². The topological polar surface area (TPSA) is 94.6 Å². The van der Waals surface area contributed by atoms with Gasteiger partial charge in [-0.25, -0.2) is 13.4 Å². The van der Waals surface area contributed by atoms with Crippen LogP contribution in [0.25, 0.3) is 0 Å². The normalized spacial score (nSPS) is 19.2. The Morgan fingerprint density at radius 1 is 1.15 bits per heavy atom. The fourth-order valence-electron chi connectivity index (χ4n) is 4.69. The lowest BCUT2D eigenvalue weighted by molar-refractivity contribution is 0.0636. The molecule has 2 fully saturated rings. The van der Waals surface area contributed by atoms with Crippen LogP contribution in [0.2, 0.25) is 0 Å². The Hall–Kier alpha value is -2.65. The number of hydrogen-bond acceptors (Lipinski definition) is 6. The minimum atomic E-state index is -3.80. The van der Waals surface area contributed by atoms with E-state index < -0.39 is 10.0 Å². The third kappa shape index (κ3) is 5.52. The highest BCUT2D eigenvalue weighted by Crippen LogP contribution is 2.28. The van der Waals surface area contributed by atoms with Gasteiger partial charge in [-0.2, -0.15) is 0 Å². The van der Waals surface area contributed by atoms with Crippen molar-refractivity contribution in [1.29, 1.82) is 0 Å². The molecule has 0 radical (unpaired) electrons. The summed E-state index contributed by atoms with van der Waals surface area (Å²) in [5, 5.41) is 3.32. The zero-order valence-corrected chi connectivity index (χ0v) is 20.9. The summed E-state index contributed by atoms with van der Waals surface area (Å²) in [5.74, 6) is 0.536. The summed E-state index contributed by atoms with van der Waals surface area (Å²) in [4.78, 5) is 22.4. The molecule has 4 rings (SSSR count). The Bertz CT molecular complexity index is 1100. The summed E-state index contributed by atoms with van der Waals surface area (Å²) in [5.41, 5.74) is 1.85. The molecule has 2 aliphatic rings. The molecule has 1 aromatic heterocycles. The number of aromatic nitrogens is 1. The quantitative estimate of drug-likeness (QED) is 0.625. The van der Waals surface area contributed by atoms with Gasteiger partial charge < -0.3 is 15.1 Å². The third-order valence-electron chi connectivity index (χ3n) is 6.60. The molecule has 0 spiro atoms. The van der Waals surface area contributed by atoms with Crippen molar-refractivity contribution in [1.82, 2.24) is 15.2 Å². The lowest BCUT2D eigenvalue weighted by atomic mass is 10.0. The molecule has 8 nitrogen and oxygen atoms in total. The highest BCUT2D eigenvalue weighted by atomic mass is 32.2. The average molecular weight is 486 g/mol. The van der Waals surface area contributed by atoms with E-state index in [1.165, 1.54) is 6.20 Å². The van der Waals surface area contributed by atoms with Crippen LogP contribution in [-0.4, -0.2) is 63.0 Å². The first kappa shape index (κ1) is 24.5. The van der Waals surface area contributed by atoms with Crippen LogP contribution in [0.5, 0.6) is 0 Å². The summed E-state index contributed by atoms with van der Waals surface area (Å²) in [6.45, 7) is 8.00. The molecule has 1 unspecified atom stereocenters. The van der Waals surface area contributed by atoms with Crippen LogP contribution in [0, 0.1) is 0 Å². The Balaban J connectivity index is 1.64. The zero-order chi connectivity index (χ0) is 24.1. The van der Waals surface area contributed by atoms with Crippen LogP contribution in [-0.2, 0) is 16.4 Å². The first-order chi connectivity index (χ1) is 16.4. The Kier molecular flexibility index (Phi) is 7.73. The zero-order valence-electron chi connectivity index (χ0n) is 20.1. The van der Waals surface area contributed by atoms with Crippen LogP contribution < -0.4 is 14.9 Å². The largest absolute Gasteiger partial charge is 0.353 e. The van der Waals surface area contributed by atoms with Gasteiger partial charge in [0.05, 0.1) is 22.3 Å². The molecular formula is C25H35N5O3S. The second-order valence-electron chi connectivity index (χ2n) is 9.18. The lowest BCUT2D eigenvalue weighted by Gasteiger charge is -2.35. The minimum Gasteiger partial charge on any atom is -0.353 e. The van der Waals surface area contributed by atoms with E-state index in [1.807, 2.05) is 17.0 Å². The van der Waals surface area contributed by atoms with E-state index in [0.717, 1.165) is 63.8 Å². The van der Waals surface area contributed by atoms with Crippen LogP contribution in [0.1, 0.15) is 55.5 Å². The number of hydrogen-bond donors (Lipinski definition) is 2. The Morgan fingerprint density at radius 2 is 1.88 bits per heavy atom. The molecule has 184 valence electrons. The van der Waals surface area contributed by atoms with Crippen molar-refractivity contribution in [2.24, 2.45) is 0 Å². The van der Waals surface area contributed by atoms with E-state index in [-0.39, 0.29) is 16.8 Å². The molecule has 1 atom stereocenters. The fourth-order valence-corrected chi connectivity index (χ4v) is 5.73. The third-order valence-corrected chi connectivity index (χ3v) is 8.00. The molecule has 0 bridgehead atoms. The van der Waals surface area contributed by atoms with Gasteiger partial charge in [0.1, 0.15) is 5.82 Å². The molecule has 2 aromatic rings. The van der Waals surface area contributed by atoms with Crippen LogP contribution >= 0.6 is 0 Å². The fraction of sp³-hybridized carbons (Fsp3) is 0.520. The van der Waals surface area contributed by atoms with Crippen molar-refractivity contribution < 1.29 is 13.2 Å². The number of piperidine rings is 1. The second-order valence-corrected chi connectivity index (χ2v) is 10.9. The van der Waals surface area contributed by atoms with E-state index in [2.05, 4.69) is 33.8 Å². The number of amides is 1. The van der Waals surface area contributed by atoms with Crippen LogP contribution in [0.15, 0.2) is 41.4 Å². The first-order valence-corrected chi connectivity index (χ1v) is 13.8. The van der Waals surface area contributed by atoms with Gasteiger partial charge in [-0.15, -0.1) is 0 Å². The maximum Gasteiger partial charge on any atom is 0.261 e. The van der Waals surface area contributed by atoms with Crippen molar-refractivity contribution in [3.8, 4) is 0 Å². The monoisotopic (exact) mass is 485 g/mol. The van der Waals surface area contributed by atoms with E-state index in [9.17, 15) is 13.2 Å². The number of carbonyl (C=O) groups excluding carboxylic acids is 1. The summed E-state index contributed by atoms with van der Waals surface area (Å²) < 4.78 is 28.7. The molecule has 9 heteroatoms. The van der Waals surface area contributed by atoms with Crippen LogP contribution in [0.4, 0.5) is 11.5 Å². The summed E-state index contributed by atoms with van der Waals surface area (Å²) in [6, 6.07) is 8.73. The SMILES string of the molecule is CCCc1ccc(S(=O)(=O)Nc2cnc(N3CCNCC3)c(C(=O)N3CCCCC3C)c2)cc1. The number of rotatable bonds is 7. The molecule has 1 amide bonds. The number of nitrogens with zero attached hydrogens (tertiary/aromatic N) is 3. The summed E-state index contributed by atoms with van der Waals surface area (Å²) >= 11 is 0. The van der Waals surface area contributed by atoms with E-state index >= 15 is 0 Å². The number of pyridine rings is 1. The number of anilines is 2.